The number of nitrogens with two attached hydrogens (primary N) is 1. The number of aryl methyl sites for hydroxylation is 1. The number of fused-ring (bicyclic) bond motifs is 3. The molecule has 3 N–H and O–H groups in total. The molecule has 0 radical (unpaired) electrons. The van der Waals surface area contributed by atoms with E-state index in [-0.39, 0.29) is 6.04 Å². The summed E-state index contributed by atoms with van der Waals surface area (Å²) in [6, 6.07) is 3.88. The average Bonchev–Trinajstić information content (AvgIpc) is 2.73. The molecule has 1 heterocycles. The fraction of sp³-hybridized carbons (Fsp3) is 0.273. The van der Waals surface area contributed by atoms with Gasteiger partial charge in [-0.2, -0.15) is 0 Å². The molecule has 1 unspecified atom stereocenters. The third-order valence-corrected chi connectivity index (χ3v) is 3.87. The fourth-order valence-corrected chi connectivity index (χ4v) is 2.76. The number of nitrogens with one attached hydrogen (secondary N) is 1. The zero-order chi connectivity index (χ0) is 10.6. The normalized spacial score (nSPS) is 19.8. The summed E-state index contributed by atoms with van der Waals surface area (Å²) in [5, 5.41) is 2.29. The van der Waals surface area contributed by atoms with E-state index in [1.54, 1.807) is 0 Å². The van der Waals surface area contributed by atoms with Crippen LogP contribution in [0.3, 0.4) is 0 Å². The molecule has 1 aromatic carbocycles. The Morgan fingerprint density at radius 3 is 2.93 bits per heavy atom. The lowest BCUT2D eigenvalue weighted by atomic mass is 10.1. The Balaban J connectivity index is 2.41. The summed E-state index contributed by atoms with van der Waals surface area (Å²) in [4.78, 5) is 3.33. The molecule has 0 saturated heterocycles. The van der Waals surface area contributed by atoms with E-state index < -0.39 is 0 Å². The van der Waals surface area contributed by atoms with Gasteiger partial charge in [-0.05, 0) is 30.5 Å². The van der Waals surface area contributed by atoms with Crippen molar-refractivity contribution in [1.29, 1.82) is 0 Å². The average molecular weight is 241 g/mol. The van der Waals surface area contributed by atoms with Gasteiger partial charge in [-0.25, -0.2) is 0 Å². The van der Waals surface area contributed by atoms with Crippen LogP contribution >= 0.6 is 23.2 Å². The molecule has 0 bridgehead atoms. The highest BCUT2D eigenvalue weighted by Gasteiger charge is 2.25. The van der Waals surface area contributed by atoms with Gasteiger partial charge in [0.25, 0.3) is 0 Å². The van der Waals surface area contributed by atoms with Gasteiger partial charge in [0.05, 0.1) is 10.0 Å². The van der Waals surface area contributed by atoms with E-state index in [4.69, 9.17) is 28.9 Å². The quantitative estimate of drug-likeness (QED) is 0.729. The molecule has 2 aromatic rings. The second-order valence-corrected chi connectivity index (χ2v) is 4.73. The topological polar surface area (TPSA) is 41.8 Å². The van der Waals surface area contributed by atoms with Crippen LogP contribution in [0.15, 0.2) is 12.1 Å². The van der Waals surface area contributed by atoms with Gasteiger partial charge in [-0.1, -0.05) is 23.2 Å². The first kappa shape index (κ1) is 9.52. The maximum atomic E-state index is 6.21. The molecule has 1 aromatic heterocycles. The zero-order valence-electron chi connectivity index (χ0n) is 7.98. The molecule has 3 rings (SSSR count). The van der Waals surface area contributed by atoms with Gasteiger partial charge in [-0.3, -0.25) is 0 Å². The Morgan fingerprint density at radius 2 is 2.13 bits per heavy atom. The summed E-state index contributed by atoms with van der Waals surface area (Å²) in [5.41, 5.74) is 9.38. The maximum absolute atomic E-state index is 6.21. The SMILES string of the molecule is NC1CCc2c1[nH]c1ccc(Cl)c(Cl)c21. The lowest BCUT2D eigenvalue weighted by Crippen LogP contribution is -2.05. The molecule has 0 saturated carbocycles. The molecular formula is C11H10Cl2N2. The molecule has 1 atom stereocenters. The lowest BCUT2D eigenvalue weighted by molar-refractivity contribution is 0.699. The number of rotatable bonds is 0. The molecule has 0 aliphatic heterocycles. The van der Waals surface area contributed by atoms with Crippen molar-refractivity contribution in [3.63, 3.8) is 0 Å². The Bertz CT molecular complexity index is 545. The van der Waals surface area contributed by atoms with Crippen LogP contribution in [-0.2, 0) is 6.42 Å². The number of aromatic nitrogens is 1. The molecule has 2 nitrogen and oxygen atoms in total. The number of halogens is 2. The first-order chi connectivity index (χ1) is 7.18. The number of aromatic amines is 1. The van der Waals surface area contributed by atoms with Crippen molar-refractivity contribution in [2.24, 2.45) is 5.73 Å². The van der Waals surface area contributed by atoms with E-state index in [1.807, 2.05) is 12.1 Å². The second-order valence-electron chi connectivity index (χ2n) is 3.95. The molecule has 4 heteroatoms. The molecule has 78 valence electrons. The highest BCUT2D eigenvalue weighted by molar-refractivity contribution is 6.45. The second kappa shape index (κ2) is 3.14. The Hall–Kier alpha value is -0.700. The smallest absolute Gasteiger partial charge is 0.0688 e. The van der Waals surface area contributed by atoms with Crippen LogP contribution in [-0.4, -0.2) is 4.98 Å². The van der Waals surface area contributed by atoms with Crippen molar-refractivity contribution in [3.05, 3.63) is 33.4 Å². The summed E-state index contributed by atoms with van der Waals surface area (Å²) in [5.74, 6) is 0. The maximum Gasteiger partial charge on any atom is 0.0688 e. The standard InChI is InChI=1S/C11H10Cl2N2/c12-6-2-4-8-9(10(6)13)5-1-3-7(14)11(5)15-8/h2,4,7,15H,1,3,14H2. The number of H-pyrrole nitrogens is 1. The van der Waals surface area contributed by atoms with Crippen LogP contribution in [0, 0.1) is 0 Å². The van der Waals surface area contributed by atoms with Crippen molar-refractivity contribution in [3.8, 4) is 0 Å². The van der Waals surface area contributed by atoms with E-state index in [1.165, 1.54) is 5.56 Å². The molecular weight excluding hydrogens is 231 g/mol. The highest BCUT2D eigenvalue weighted by Crippen LogP contribution is 2.40. The third kappa shape index (κ3) is 1.22. The number of hydrogen-bond donors (Lipinski definition) is 2. The number of benzene rings is 1. The van der Waals surface area contributed by atoms with Gasteiger partial charge < -0.3 is 10.7 Å². The van der Waals surface area contributed by atoms with Crippen LogP contribution in [0.5, 0.6) is 0 Å². The van der Waals surface area contributed by atoms with E-state index >= 15 is 0 Å². The van der Waals surface area contributed by atoms with Crippen LogP contribution in [0.1, 0.15) is 23.7 Å². The molecule has 0 spiro atoms. The van der Waals surface area contributed by atoms with Gasteiger partial charge in [-0.15, -0.1) is 0 Å². The monoisotopic (exact) mass is 240 g/mol. The van der Waals surface area contributed by atoms with E-state index in [2.05, 4.69) is 4.98 Å². The summed E-state index contributed by atoms with van der Waals surface area (Å²) >= 11 is 12.2. The van der Waals surface area contributed by atoms with Crippen LogP contribution in [0.4, 0.5) is 0 Å². The van der Waals surface area contributed by atoms with Crippen molar-refractivity contribution in [1.82, 2.24) is 4.98 Å². The minimum absolute atomic E-state index is 0.113. The van der Waals surface area contributed by atoms with Gasteiger partial charge in [0.15, 0.2) is 0 Å². The van der Waals surface area contributed by atoms with Crippen LogP contribution in [0.2, 0.25) is 10.0 Å². The molecule has 1 aliphatic rings. The Labute approximate surface area is 97.4 Å². The number of hydrogen-bond acceptors (Lipinski definition) is 1. The predicted octanol–water partition coefficient (Wildman–Crippen LogP) is 3.42. The Morgan fingerprint density at radius 1 is 1.33 bits per heavy atom. The molecule has 15 heavy (non-hydrogen) atoms. The highest BCUT2D eigenvalue weighted by atomic mass is 35.5. The van der Waals surface area contributed by atoms with Crippen LogP contribution < -0.4 is 5.73 Å². The van der Waals surface area contributed by atoms with Gasteiger partial charge in [0.2, 0.25) is 0 Å². The summed E-state index contributed by atoms with van der Waals surface area (Å²) in [6.45, 7) is 0. The minimum Gasteiger partial charge on any atom is -0.357 e. The predicted molar refractivity (Wildman–Crippen MR) is 63.6 cm³/mol. The van der Waals surface area contributed by atoms with Crippen molar-refractivity contribution >= 4 is 34.1 Å². The summed E-state index contributed by atoms with van der Waals surface area (Å²) in [7, 11) is 0. The van der Waals surface area contributed by atoms with E-state index in [0.717, 1.165) is 29.4 Å². The first-order valence-corrected chi connectivity index (χ1v) is 5.68. The Kier molecular flexibility index (Phi) is 2.00. The van der Waals surface area contributed by atoms with E-state index in [0.29, 0.717) is 10.0 Å². The molecule has 0 fully saturated rings. The van der Waals surface area contributed by atoms with E-state index in [9.17, 15) is 0 Å². The van der Waals surface area contributed by atoms with Gasteiger partial charge >= 0.3 is 0 Å². The van der Waals surface area contributed by atoms with Crippen molar-refractivity contribution in [2.45, 2.75) is 18.9 Å². The van der Waals surface area contributed by atoms with Crippen LogP contribution in [0.25, 0.3) is 10.9 Å². The summed E-state index contributed by atoms with van der Waals surface area (Å²) in [6.07, 6.45) is 1.97. The zero-order valence-corrected chi connectivity index (χ0v) is 9.49. The lowest BCUT2D eigenvalue weighted by Gasteiger charge is -2.00. The minimum atomic E-state index is 0.113. The molecule has 0 amide bonds. The third-order valence-electron chi connectivity index (χ3n) is 3.07. The largest absolute Gasteiger partial charge is 0.357 e. The van der Waals surface area contributed by atoms with Gasteiger partial charge in [0, 0.05) is 22.6 Å². The first-order valence-electron chi connectivity index (χ1n) is 4.92. The summed E-state index contributed by atoms with van der Waals surface area (Å²) < 4.78 is 0. The molecule has 1 aliphatic carbocycles. The van der Waals surface area contributed by atoms with Crippen molar-refractivity contribution < 1.29 is 0 Å². The van der Waals surface area contributed by atoms with Gasteiger partial charge in [0.1, 0.15) is 0 Å². The van der Waals surface area contributed by atoms with Crippen molar-refractivity contribution in [2.75, 3.05) is 0 Å². The fourth-order valence-electron chi connectivity index (χ4n) is 2.33.